The Hall–Kier alpha value is -2.57. The van der Waals surface area contributed by atoms with Crippen molar-refractivity contribution in [1.29, 1.82) is 0 Å². The minimum Gasteiger partial charge on any atom is -0.408 e. The second-order valence-corrected chi connectivity index (χ2v) is 6.03. The van der Waals surface area contributed by atoms with E-state index in [-0.39, 0.29) is 11.8 Å². The van der Waals surface area contributed by atoms with E-state index in [2.05, 4.69) is 0 Å². The molecule has 0 radical (unpaired) electrons. The molecular formula is C17H21N3O4. The predicted molar refractivity (Wildman–Crippen MR) is 88.8 cm³/mol. The molecule has 128 valence electrons. The van der Waals surface area contributed by atoms with Crippen molar-refractivity contribution in [2.75, 3.05) is 26.2 Å². The monoisotopic (exact) mass is 331 g/mol. The zero-order valence-corrected chi connectivity index (χ0v) is 13.9. The van der Waals surface area contributed by atoms with Crippen molar-refractivity contribution in [3.63, 3.8) is 0 Å². The SMILES string of the molecule is CCCC(=O)N1CCN(C(=O)c2ccc3c(c2)oc(=O)n3C)CC1. The highest BCUT2D eigenvalue weighted by molar-refractivity contribution is 5.97. The fourth-order valence-electron chi connectivity index (χ4n) is 2.98. The molecule has 1 aliphatic rings. The van der Waals surface area contributed by atoms with Crippen LogP contribution in [0.25, 0.3) is 11.1 Å². The van der Waals surface area contributed by atoms with Gasteiger partial charge in [-0.2, -0.15) is 0 Å². The molecule has 7 heteroatoms. The summed E-state index contributed by atoms with van der Waals surface area (Å²) in [4.78, 5) is 39.6. The lowest BCUT2D eigenvalue weighted by Crippen LogP contribution is -2.50. The number of carbonyl (C=O) groups is 2. The van der Waals surface area contributed by atoms with E-state index in [0.29, 0.717) is 49.3 Å². The molecule has 0 N–H and O–H groups in total. The third-order valence-corrected chi connectivity index (χ3v) is 4.42. The van der Waals surface area contributed by atoms with E-state index in [0.717, 1.165) is 6.42 Å². The van der Waals surface area contributed by atoms with E-state index in [1.165, 1.54) is 4.57 Å². The summed E-state index contributed by atoms with van der Waals surface area (Å²) < 4.78 is 6.54. The molecule has 0 unspecified atom stereocenters. The quantitative estimate of drug-likeness (QED) is 0.847. The Morgan fingerprint density at radius 3 is 2.46 bits per heavy atom. The topological polar surface area (TPSA) is 75.8 Å². The summed E-state index contributed by atoms with van der Waals surface area (Å²) in [6.45, 7) is 4.15. The highest BCUT2D eigenvalue weighted by Gasteiger charge is 2.24. The van der Waals surface area contributed by atoms with Crippen molar-refractivity contribution in [2.45, 2.75) is 19.8 Å². The van der Waals surface area contributed by atoms with Gasteiger partial charge in [-0.3, -0.25) is 14.2 Å². The van der Waals surface area contributed by atoms with Crippen LogP contribution >= 0.6 is 0 Å². The normalized spacial score (nSPS) is 15.1. The Morgan fingerprint density at radius 1 is 1.12 bits per heavy atom. The van der Waals surface area contributed by atoms with Crippen LogP contribution in [0.1, 0.15) is 30.1 Å². The van der Waals surface area contributed by atoms with Crippen LogP contribution in [-0.4, -0.2) is 52.4 Å². The average molecular weight is 331 g/mol. The lowest BCUT2D eigenvalue weighted by Gasteiger charge is -2.34. The van der Waals surface area contributed by atoms with Gasteiger partial charge in [0, 0.05) is 45.2 Å². The number of hydrogen-bond acceptors (Lipinski definition) is 4. The van der Waals surface area contributed by atoms with E-state index in [9.17, 15) is 14.4 Å². The number of amides is 2. The molecule has 2 aromatic rings. The van der Waals surface area contributed by atoms with Crippen molar-refractivity contribution < 1.29 is 14.0 Å². The number of hydrogen-bond donors (Lipinski definition) is 0. The number of aryl methyl sites for hydroxylation is 1. The number of rotatable bonds is 3. The first-order valence-corrected chi connectivity index (χ1v) is 8.18. The molecule has 2 heterocycles. The maximum Gasteiger partial charge on any atom is 0.419 e. The number of carbonyl (C=O) groups excluding carboxylic acids is 2. The lowest BCUT2D eigenvalue weighted by molar-refractivity contribution is -0.132. The van der Waals surface area contributed by atoms with Crippen LogP contribution in [0.2, 0.25) is 0 Å². The number of piperazine rings is 1. The van der Waals surface area contributed by atoms with Crippen molar-refractivity contribution in [3.8, 4) is 0 Å². The van der Waals surface area contributed by atoms with Crippen molar-refractivity contribution in [3.05, 3.63) is 34.3 Å². The van der Waals surface area contributed by atoms with Crippen LogP contribution in [0.5, 0.6) is 0 Å². The van der Waals surface area contributed by atoms with Crippen molar-refractivity contribution in [2.24, 2.45) is 7.05 Å². The lowest BCUT2D eigenvalue weighted by atomic mass is 10.1. The van der Waals surface area contributed by atoms with Gasteiger partial charge in [0.2, 0.25) is 5.91 Å². The summed E-state index contributed by atoms with van der Waals surface area (Å²) in [5.74, 6) is -0.402. The fraction of sp³-hybridized carbons (Fsp3) is 0.471. The molecule has 1 saturated heterocycles. The predicted octanol–water partition coefficient (Wildman–Crippen LogP) is 1.22. The van der Waals surface area contributed by atoms with Gasteiger partial charge in [-0.05, 0) is 24.6 Å². The average Bonchev–Trinajstić information content (AvgIpc) is 2.88. The summed E-state index contributed by atoms with van der Waals surface area (Å²) in [6.07, 6.45) is 1.39. The van der Waals surface area contributed by atoms with Crippen LogP contribution in [0.4, 0.5) is 0 Å². The standard InChI is InChI=1S/C17H21N3O4/c1-3-4-15(21)19-7-9-20(10-8-19)16(22)12-5-6-13-14(11-12)24-17(23)18(13)2/h5-6,11H,3-4,7-10H2,1-2H3. The molecular weight excluding hydrogens is 310 g/mol. The highest BCUT2D eigenvalue weighted by Crippen LogP contribution is 2.17. The minimum absolute atomic E-state index is 0.106. The van der Waals surface area contributed by atoms with Crippen LogP contribution in [0.15, 0.2) is 27.4 Å². The Balaban J connectivity index is 1.71. The molecule has 1 aliphatic heterocycles. The molecule has 0 bridgehead atoms. The van der Waals surface area contributed by atoms with Crippen LogP contribution in [0.3, 0.4) is 0 Å². The number of oxazole rings is 1. The summed E-state index contributed by atoms with van der Waals surface area (Å²) in [6, 6.07) is 5.02. The largest absolute Gasteiger partial charge is 0.419 e. The minimum atomic E-state index is -0.447. The smallest absolute Gasteiger partial charge is 0.408 e. The molecule has 3 rings (SSSR count). The third kappa shape index (κ3) is 2.93. The van der Waals surface area contributed by atoms with E-state index in [4.69, 9.17) is 4.42 Å². The van der Waals surface area contributed by atoms with Gasteiger partial charge in [0.1, 0.15) is 0 Å². The summed E-state index contributed by atoms with van der Waals surface area (Å²) in [5, 5.41) is 0. The molecule has 0 saturated carbocycles. The molecule has 24 heavy (non-hydrogen) atoms. The van der Waals surface area contributed by atoms with Gasteiger partial charge < -0.3 is 14.2 Å². The first kappa shape index (κ1) is 16.3. The molecule has 1 fully saturated rings. The van der Waals surface area contributed by atoms with Crippen molar-refractivity contribution >= 4 is 22.9 Å². The van der Waals surface area contributed by atoms with Gasteiger partial charge in [-0.1, -0.05) is 6.92 Å². The summed E-state index contributed by atoms with van der Waals surface area (Å²) in [5.41, 5.74) is 1.56. The molecule has 0 aliphatic carbocycles. The van der Waals surface area contributed by atoms with Gasteiger partial charge in [-0.15, -0.1) is 0 Å². The van der Waals surface area contributed by atoms with Crippen LogP contribution in [-0.2, 0) is 11.8 Å². The van der Waals surface area contributed by atoms with Gasteiger partial charge in [0.05, 0.1) is 5.52 Å². The van der Waals surface area contributed by atoms with E-state index in [1.54, 1.807) is 30.1 Å². The third-order valence-electron chi connectivity index (χ3n) is 4.42. The molecule has 0 atom stereocenters. The van der Waals surface area contributed by atoms with Crippen LogP contribution < -0.4 is 5.76 Å². The van der Waals surface area contributed by atoms with Gasteiger partial charge in [-0.25, -0.2) is 4.79 Å². The zero-order valence-electron chi connectivity index (χ0n) is 13.9. The Bertz CT molecular complexity index is 828. The molecule has 7 nitrogen and oxygen atoms in total. The first-order chi connectivity index (χ1) is 11.5. The van der Waals surface area contributed by atoms with E-state index >= 15 is 0 Å². The molecule has 0 spiro atoms. The van der Waals surface area contributed by atoms with Crippen LogP contribution in [0, 0.1) is 0 Å². The van der Waals surface area contributed by atoms with Gasteiger partial charge in [0.15, 0.2) is 5.58 Å². The fourth-order valence-corrected chi connectivity index (χ4v) is 2.98. The Labute approximate surface area is 139 Å². The number of fused-ring (bicyclic) bond motifs is 1. The molecule has 1 aromatic carbocycles. The first-order valence-electron chi connectivity index (χ1n) is 8.18. The zero-order chi connectivity index (χ0) is 17.3. The summed E-state index contributed by atoms with van der Waals surface area (Å²) >= 11 is 0. The highest BCUT2D eigenvalue weighted by atomic mass is 16.4. The second kappa shape index (κ2) is 6.51. The summed E-state index contributed by atoms with van der Waals surface area (Å²) in [7, 11) is 1.63. The van der Waals surface area contributed by atoms with Gasteiger partial charge in [0.25, 0.3) is 5.91 Å². The van der Waals surface area contributed by atoms with E-state index < -0.39 is 5.76 Å². The van der Waals surface area contributed by atoms with E-state index in [1.807, 2.05) is 11.8 Å². The van der Waals surface area contributed by atoms with Crippen molar-refractivity contribution in [1.82, 2.24) is 14.4 Å². The second-order valence-electron chi connectivity index (χ2n) is 6.03. The Kier molecular flexibility index (Phi) is 4.42. The molecule has 2 amide bonds. The van der Waals surface area contributed by atoms with Gasteiger partial charge >= 0.3 is 5.76 Å². The maximum atomic E-state index is 12.6. The number of aromatic nitrogens is 1. The number of benzene rings is 1. The molecule has 1 aromatic heterocycles. The Morgan fingerprint density at radius 2 is 1.79 bits per heavy atom. The maximum absolute atomic E-state index is 12.6. The number of nitrogens with zero attached hydrogens (tertiary/aromatic N) is 3.